The molecule has 0 saturated carbocycles. The molecular formula is C41H76NO10P. The Morgan fingerprint density at radius 3 is 1.51 bits per heavy atom. The zero-order chi connectivity index (χ0) is 39.3. The first-order chi connectivity index (χ1) is 25.6. The summed E-state index contributed by atoms with van der Waals surface area (Å²) in [4.78, 5) is 45.8. The van der Waals surface area contributed by atoms with Crippen molar-refractivity contribution in [1.29, 1.82) is 0 Å². The maximum absolute atomic E-state index is 12.6. The van der Waals surface area contributed by atoms with Gasteiger partial charge in [0.05, 0.1) is 13.2 Å². The van der Waals surface area contributed by atoms with Gasteiger partial charge in [-0.05, 0) is 44.9 Å². The van der Waals surface area contributed by atoms with Crippen molar-refractivity contribution in [3.63, 3.8) is 0 Å². The number of carbonyl (C=O) groups is 3. The van der Waals surface area contributed by atoms with E-state index in [2.05, 4.69) is 42.7 Å². The number of phosphoric ester groups is 1. The van der Waals surface area contributed by atoms with E-state index >= 15 is 0 Å². The van der Waals surface area contributed by atoms with Crippen molar-refractivity contribution in [3.8, 4) is 0 Å². The van der Waals surface area contributed by atoms with Crippen molar-refractivity contribution in [2.24, 2.45) is 5.73 Å². The molecule has 310 valence electrons. The lowest BCUT2D eigenvalue weighted by Crippen LogP contribution is -2.34. The summed E-state index contributed by atoms with van der Waals surface area (Å²) in [6.45, 7) is 2.76. The Morgan fingerprint density at radius 1 is 0.585 bits per heavy atom. The number of ether oxygens (including phenoxy) is 2. The Kier molecular flexibility index (Phi) is 35.5. The first-order valence-electron chi connectivity index (χ1n) is 20.9. The van der Waals surface area contributed by atoms with Crippen LogP contribution in [-0.4, -0.2) is 59.9 Å². The maximum atomic E-state index is 12.6. The summed E-state index contributed by atoms with van der Waals surface area (Å²) in [5.41, 5.74) is 5.32. The highest BCUT2D eigenvalue weighted by molar-refractivity contribution is 7.47. The van der Waals surface area contributed by atoms with Gasteiger partial charge in [0.15, 0.2) is 6.10 Å². The van der Waals surface area contributed by atoms with Gasteiger partial charge < -0.3 is 25.2 Å². The van der Waals surface area contributed by atoms with Gasteiger partial charge in [0.25, 0.3) is 0 Å². The van der Waals surface area contributed by atoms with Gasteiger partial charge in [-0.3, -0.25) is 23.4 Å². The largest absolute Gasteiger partial charge is 0.480 e. The Labute approximate surface area is 321 Å². The number of aliphatic carboxylic acids is 1. The molecule has 0 radical (unpaired) electrons. The molecule has 12 heteroatoms. The standard InChI is InChI=1S/C41H76NO10P/c1-3-5-7-9-11-13-15-17-18-19-20-21-23-24-26-28-30-32-39(43)49-34-37(35-50-53(47,48)51-36-38(42)41(45)46)52-40(44)33-31-29-27-25-22-16-14-12-10-8-6-4-2/h11,13,17-18,37-38H,3-10,12,14-16,19-36,42H2,1-2H3,(H,45,46)(H,47,48)/b13-11+,18-17+/t37-,38+/m0/s1. The van der Waals surface area contributed by atoms with E-state index < -0.39 is 51.1 Å². The maximum Gasteiger partial charge on any atom is 0.472 e. The van der Waals surface area contributed by atoms with Gasteiger partial charge in [-0.15, -0.1) is 0 Å². The summed E-state index contributed by atoms with van der Waals surface area (Å²) in [5, 5.41) is 8.87. The Bertz CT molecular complexity index is 1010. The van der Waals surface area contributed by atoms with Crippen LogP contribution < -0.4 is 5.73 Å². The van der Waals surface area contributed by atoms with Crippen molar-refractivity contribution in [1.82, 2.24) is 0 Å². The van der Waals surface area contributed by atoms with Gasteiger partial charge in [0, 0.05) is 12.8 Å². The van der Waals surface area contributed by atoms with Crippen molar-refractivity contribution in [2.45, 2.75) is 199 Å². The summed E-state index contributed by atoms with van der Waals surface area (Å²) >= 11 is 0. The number of phosphoric acid groups is 1. The second kappa shape index (κ2) is 36.9. The van der Waals surface area contributed by atoms with Gasteiger partial charge in [-0.25, -0.2) is 4.57 Å². The minimum absolute atomic E-state index is 0.163. The molecule has 0 spiro atoms. The molecule has 0 aromatic carbocycles. The first-order valence-corrected chi connectivity index (χ1v) is 22.4. The van der Waals surface area contributed by atoms with E-state index in [0.717, 1.165) is 51.4 Å². The lowest BCUT2D eigenvalue weighted by Gasteiger charge is -2.20. The number of hydrogen-bond acceptors (Lipinski definition) is 9. The summed E-state index contributed by atoms with van der Waals surface area (Å²) in [6, 6.07) is -1.52. The van der Waals surface area contributed by atoms with E-state index in [1.54, 1.807) is 0 Å². The molecule has 0 heterocycles. The lowest BCUT2D eigenvalue weighted by atomic mass is 10.0. The van der Waals surface area contributed by atoms with E-state index in [0.29, 0.717) is 12.8 Å². The van der Waals surface area contributed by atoms with E-state index in [1.807, 2.05) is 0 Å². The number of unbranched alkanes of at least 4 members (excludes halogenated alkanes) is 21. The topological polar surface area (TPSA) is 172 Å². The van der Waals surface area contributed by atoms with E-state index in [-0.39, 0.29) is 19.4 Å². The van der Waals surface area contributed by atoms with E-state index in [1.165, 1.54) is 96.3 Å². The molecule has 0 rings (SSSR count). The molecule has 1 unspecified atom stereocenters. The first kappa shape index (κ1) is 51.0. The van der Waals surface area contributed by atoms with Crippen LogP contribution in [0.2, 0.25) is 0 Å². The normalized spacial score (nSPS) is 14.0. The predicted octanol–water partition coefficient (Wildman–Crippen LogP) is 10.7. The van der Waals surface area contributed by atoms with Crippen LogP contribution in [0.15, 0.2) is 24.3 Å². The lowest BCUT2D eigenvalue weighted by molar-refractivity contribution is -0.161. The monoisotopic (exact) mass is 774 g/mol. The van der Waals surface area contributed by atoms with Crippen LogP contribution in [0.5, 0.6) is 0 Å². The minimum atomic E-state index is -4.71. The Balaban J connectivity index is 4.36. The molecule has 11 nitrogen and oxygen atoms in total. The van der Waals surface area contributed by atoms with Gasteiger partial charge >= 0.3 is 25.7 Å². The fraction of sp³-hybridized carbons (Fsp3) is 0.829. The van der Waals surface area contributed by atoms with Gasteiger partial charge in [-0.2, -0.15) is 0 Å². The molecule has 0 saturated heterocycles. The van der Waals surface area contributed by atoms with Gasteiger partial charge in [-0.1, -0.05) is 154 Å². The average molecular weight is 774 g/mol. The molecule has 0 aliphatic carbocycles. The van der Waals surface area contributed by atoms with E-state index in [4.69, 9.17) is 24.8 Å². The number of rotatable bonds is 39. The van der Waals surface area contributed by atoms with Crippen LogP contribution in [-0.2, 0) is 37.5 Å². The predicted molar refractivity (Wildman–Crippen MR) is 212 cm³/mol. The summed E-state index contributed by atoms with van der Waals surface area (Å²) in [6.07, 6.45) is 36.7. The molecule has 53 heavy (non-hydrogen) atoms. The van der Waals surface area contributed by atoms with Crippen molar-refractivity contribution < 1.29 is 47.5 Å². The zero-order valence-corrected chi connectivity index (χ0v) is 34.3. The fourth-order valence-electron chi connectivity index (χ4n) is 5.62. The highest BCUT2D eigenvalue weighted by Gasteiger charge is 2.28. The third-order valence-electron chi connectivity index (χ3n) is 8.95. The Hall–Kier alpha value is -2.04. The fourth-order valence-corrected chi connectivity index (χ4v) is 6.40. The SMILES string of the molecule is CCCCC/C=C/C/C=C/CCCCCCCCCC(=O)OC[C@@H](COP(=O)(O)OC[C@@H](N)C(=O)O)OC(=O)CCCCCCCCCCCCCC. The number of nitrogens with two attached hydrogens (primary N) is 1. The molecular weight excluding hydrogens is 697 g/mol. The van der Waals surface area contributed by atoms with Crippen LogP contribution >= 0.6 is 7.82 Å². The Morgan fingerprint density at radius 2 is 1.00 bits per heavy atom. The van der Waals surface area contributed by atoms with E-state index in [9.17, 15) is 23.8 Å². The van der Waals surface area contributed by atoms with Gasteiger partial charge in [0.2, 0.25) is 0 Å². The smallest absolute Gasteiger partial charge is 0.472 e. The third-order valence-corrected chi connectivity index (χ3v) is 9.90. The number of hydrogen-bond donors (Lipinski definition) is 3. The quantitative estimate of drug-likeness (QED) is 0.0235. The van der Waals surface area contributed by atoms with Crippen molar-refractivity contribution >= 4 is 25.7 Å². The second-order valence-corrected chi connectivity index (χ2v) is 15.6. The van der Waals surface area contributed by atoms with Crippen LogP contribution in [0.3, 0.4) is 0 Å². The van der Waals surface area contributed by atoms with Crippen LogP contribution in [0, 0.1) is 0 Å². The minimum Gasteiger partial charge on any atom is -0.480 e. The zero-order valence-electron chi connectivity index (χ0n) is 33.4. The average Bonchev–Trinajstić information content (AvgIpc) is 3.13. The molecule has 0 aliphatic heterocycles. The number of carboxylic acids is 1. The van der Waals surface area contributed by atoms with Crippen molar-refractivity contribution in [2.75, 3.05) is 19.8 Å². The summed E-state index contributed by atoms with van der Waals surface area (Å²) in [5.74, 6) is -2.38. The number of esters is 2. The number of carbonyl (C=O) groups excluding carboxylic acids is 2. The summed E-state index contributed by atoms with van der Waals surface area (Å²) in [7, 11) is -4.71. The summed E-state index contributed by atoms with van der Waals surface area (Å²) < 4.78 is 32.6. The highest BCUT2D eigenvalue weighted by atomic mass is 31.2. The molecule has 0 amide bonds. The van der Waals surface area contributed by atoms with Crippen LogP contribution in [0.25, 0.3) is 0 Å². The molecule has 0 aromatic rings. The van der Waals surface area contributed by atoms with Crippen LogP contribution in [0.4, 0.5) is 0 Å². The van der Waals surface area contributed by atoms with Crippen LogP contribution in [0.1, 0.15) is 187 Å². The molecule has 0 bridgehead atoms. The number of allylic oxidation sites excluding steroid dienone is 4. The van der Waals surface area contributed by atoms with Crippen molar-refractivity contribution in [3.05, 3.63) is 24.3 Å². The van der Waals surface area contributed by atoms with Gasteiger partial charge in [0.1, 0.15) is 12.6 Å². The second-order valence-electron chi connectivity index (χ2n) is 14.1. The third kappa shape index (κ3) is 36.7. The molecule has 3 atom stereocenters. The molecule has 0 aromatic heterocycles. The number of carboxylic acid groups (broad SMARTS) is 1. The highest BCUT2D eigenvalue weighted by Crippen LogP contribution is 2.43. The molecule has 4 N–H and O–H groups in total. The molecule has 0 aliphatic rings. The molecule has 0 fully saturated rings.